The lowest BCUT2D eigenvalue weighted by Crippen LogP contribution is -2.38. The van der Waals surface area contributed by atoms with Crippen LogP contribution in [0.15, 0.2) is 86.0 Å². The summed E-state index contributed by atoms with van der Waals surface area (Å²) in [4.78, 5) is 81.5. The molecule has 3 unspecified atom stereocenters. The molecule has 2 fully saturated rings. The maximum atomic E-state index is 13.1. The monoisotopic (exact) mass is 964 g/mol. The zero-order valence-electron chi connectivity index (χ0n) is 32.7. The van der Waals surface area contributed by atoms with Crippen molar-refractivity contribution >= 4 is 69.4 Å². The second kappa shape index (κ2) is 18.3. The predicted octanol–water partition coefficient (Wildman–Crippen LogP) is 1.17. The third-order valence-electron chi connectivity index (χ3n) is 9.66. The Bertz CT molecular complexity index is 2670. The Morgan fingerprint density at radius 2 is 0.985 bits per heavy atom. The Labute approximate surface area is 363 Å². The summed E-state index contributed by atoms with van der Waals surface area (Å²) in [5.74, 6) is -1.95. The molecule has 65 heavy (non-hydrogen) atoms. The number of aliphatic hydroxyl groups excluding tert-OH is 2. The van der Waals surface area contributed by atoms with Crippen molar-refractivity contribution in [1.29, 1.82) is 0 Å². The number of phosphoric acid groups is 3. The van der Waals surface area contributed by atoms with Crippen molar-refractivity contribution in [3.05, 3.63) is 97.1 Å². The number of anilines is 2. The van der Waals surface area contributed by atoms with E-state index in [1.165, 1.54) is 70.3 Å². The molecule has 31 heteroatoms. The van der Waals surface area contributed by atoms with Gasteiger partial charge >= 0.3 is 35.4 Å². The molecular weight excluding hydrogens is 929 g/mol. The maximum Gasteiger partial charge on any atom is 0.490 e. The lowest BCUT2D eigenvalue weighted by molar-refractivity contribution is -0.0527. The number of imidazole rings is 2. The number of nitrogens with zero attached hydrogens (tertiary/aromatic N) is 8. The first-order valence-electron chi connectivity index (χ1n) is 18.7. The van der Waals surface area contributed by atoms with E-state index in [9.17, 15) is 48.2 Å². The standard InChI is InChI=1S/C34H35N10O18P3/c35-27-21-29(39-13-37-27)43(15-41-21)31-23(45)25(59-33(47)17-7-3-1-4-8-17)19(57-31)11-55-63(49,50)61-65(53,54)62-64(51,52)56-12-20-26(60-34(48)18-9-5-2-6-10-18)24(46)32(58-20)44-16-42-22-28(36)38-14-40-30(22)44/h1-10,13-16,19-20,23-26,31-32,45-46H,11-12H2,(H,49,50)(H,51,52)(H,53,54)(H2,35,37,39)(H2,36,38,40)/t19-,20-,23-,24+,25-,26+,31-,32+/m1/s1. The zero-order valence-corrected chi connectivity index (χ0v) is 35.4. The number of esters is 2. The van der Waals surface area contributed by atoms with Crippen LogP contribution in [0.1, 0.15) is 33.2 Å². The fourth-order valence-electron chi connectivity index (χ4n) is 6.76. The van der Waals surface area contributed by atoms with Gasteiger partial charge in [0.25, 0.3) is 0 Å². The second-order valence-corrected chi connectivity index (χ2v) is 18.5. The minimum absolute atomic E-state index is 0.0190. The molecule has 2 aromatic carbocycles. The summed E-state index contributed by atoms with van der Waals surface area (Å²) in [5, 5.41) is 22.7. The molecule has 9 N–H and O–H groups in total. The summed E-state index contributed by atoms with van der Waals surface area (Å²) in [6, 6.07) is 15.0. The van der Waals surface area contributed by atoms with Gasteiger partial charge in [-0.25, -0.2) is 53.2 Å². The van der Waals surface area contributed by atoms with E-state index >= 15 is 0 Å². The topological polar surface area (TPSA) is 400 Å². The van der Waals surface area contributed by atoms with E-state index in [-0.39, 0.29) is 45.1 Å². The van der Waals surface area contributed by atoms with Crippen LogP contribution in [0.5, 0.6) is 0 Å². The molecule has 28 nitrogen and oxygen atoms in total. The summed E-state index contributed by atoms with van der Waals surface area (Å²) in [5.41, 5.74) is 12.2. The number of hydrogen-bond acceptors (Lipinski definition) is 23. The van der Waals surface area contributed by atoms with E-state index in [1.807, 2.05) is 0 Å². The zero-order chi connectivity index (χ0) is 46.3. The van der Waals surface area contributed by atoms with Crippen LogP contribution >= 0.6 is 23.5 Å². The third kappa shape index (κ3) is 9.96. The number of fused-ring (bicyclic) bond motifs is 2. The van der Waals surface area contributed by atoms with Crippen LogP contribution in [0, 0.1) is 0 Å². The van der Waals surface area contributed by atoms with Gasteiger partial charge in [0.05, 0.1) is 37.0 Å². The maximum absolute atomic E-state index is 13.1. The number of rotatable bonds is 16. The first-order chi connectivity index (χ1) is 30.9. The Morgan fingerprint density at radius 3 is 1.37 bits per heavy atom. The largest absolute Gasteiger partial charge is 0.490 e. The fraction of sp³-hybridized carbons (Fsp3) is 0.294. The van der Waals surface area contributed by atoms with Gasteiger partial charge in [-0.3, -0.25) is 18.2 Å². The van der Waals surface area contributed by atoms with Gasteiger partial charge in [-0.05, 0) is 24.3 Å². The lowest BCUT2D eigenvalue weighted by atomic mass is 10.1. The molecule has 2 saturated heterocycles. The van der Waals surface area contributed by atoms with Gasteiger partial charge < -0.3 is 55.3 Å². The van der Waals surface area contributed by atoms with Gasteiger partial charge in [0.1, 0.15) is 48.1 Å². The van der Waals surface area contributed by atoms with Crippen LogP contribution in [-0.2, 0) is 50.3 Å². The summed E-state index contributed by atoms with van der Waals surface area (Å²) in [6.07, 6.45) is -8.33. The van der Waals surface area contributed by atoms with Gasteiger partial charge in [-0.1, -0.05) is 36.4 Å². The summed E-state index contributed by atoms with van der Waals surface area (Å²) >= 11 is 0. The number of nitrogens with two attached hydrogens (primary N) is 2. The summed E-state index contributed by atoms with van der Waals surface area (Å²) in [7, 11) is -17.7. The highest BCUT2D eigenvalue weighted by Crippen LogP contribution is 2.68. The van der Waals surface area contributed by atoms with Gasteiger partial charge in [-0.15, -0.1) is 0 Å². The van der Waals surface area contributed by atoms with E-state index in [4.69, 9.17) is 39.5 Å². The number of nitrogen functional groups attached to an aromatic ring is 2. The van der Waals surface area contributed by atoms with E-state index < -0.39 is 97.7 Å². The molecule has 0 spiro atoms. The van der Waals surface area contributed by atoms with Crippen LogP contribution < -0.4 is 11.5 Å². The van der Waals surface area contributed by atoms with Crippen LogP contribution in [0.4, 0.5) is 11.6 Å². The number of phosphoric ester groups is 2. The number of ether oxygens (including phenoxy) is 4. The van der Waals surface area contributed by atoms with Crippen molar-refractivity contribution in [2.24, 2.45) is 0 Å². The average molecular weight is 965 g/mol. The van der Waals surface area contributed by atoms with E-state index in [1.54, 1.807) is 12.1 Å². The van der Waals surface area contributed by atoms with E-state index in [2.05, 4.69) is 38.5 Å². The number of benzene rings is 2. The first-order valence-corrected chi connectivity index (χ1v) is 23.1. The van der Waals surface area contributed by atoms with E-state index in [0.717, 1.165) is 12.7 Å². The number of hydrogen-bond donors (Lipinski definition) is 7. The molecule has 2 aliphatic heterocycles. The number of carbonyl (C=O) groups is 2. The fourth-order valence-corrected chi connectivity index (χ4v) is 10.3. The molecule has 0 amide bonds. The van der Waals surface area contributed by atoms with Crippen molar-refractivity contribution in [2.75, 3.05) is 24.7 Å². The molecule has 8 rings (SSSR count). The average Bonchev–Trinajstić information content (AvgIpc) is 4.04. The van der Waals surface area contributed by atoms with Gasteiger partial charge in [0, 0.05) is 0 Å². The quantitative estimate of drug-likeness (QED) is 0.0528. The van der Waals surface area contributed by atoms with Crippen LogP contribution in [0.25, 0.3) is 22.3 Å². The van der Waals surface area contributed by atoms with Crippen LogP contribution in [0.3, 0.4) is 0 Å². The van der Waals surface area contributed by atoms with Gasteiger partial charge in [0.15, 0.2) is 47.6 Å². The smallest absolute Gasteiger partial charge is 0.453 e. The molecule has 0 bridgehead atoms. The lowest BCUT2D eigenvalue weighted by Gasteiger charge is -2.23. The minimum atomic E-state index is -6.11. The molecular formula is C34H35N10O18P3. The molecule has 6 heterocycles. The molecule has 344 valence electrons. The SMILES string of the molecule is Nc1ncnc2c1ncn2[C@@H]1O[C@H](COP(=O)(O)OP(=O)(O)OP(=O)(O)OC[C@H]2O[C@H](n3cnc4c(N)ncnc43)[C@@H](O)[C@H]2OC(=O)c2ccccc2)[C@@H](OC(=O)c2ccccc2)[C@H]1O. The number of carbonyl (C=O) groups excluding carboxylic acids is 2. The Morgan fingerprint density at radius 1 is 0.600 bits per heavy atom. The molecule has 0 radical (unpaired) electrons. The van der Waals surface area contributed by atoms with Crippen molar-refractivity contribution in [3.63, 3.8) is 0 Å². The molecule has 11 atom stereocenters. The number of aromatic nitrogens is 8. The molecule has 2 aliphatic rings. The van der Waals surface area contributed by atoms with Crippen LogP contribution in [-0.4, -0.2) is 126 Å². The normalized spacial score (nSPS) is 26.0. The highest BCUT2D eigenvalue weighted by Gasteiger charge is 2.52. The second-order valence-electron chi connectivity index (χ2n) is 13.9. The van der Waals surface area contributed by atoms with Crippen molar-refractivity contribution in [3.8, 4) is 0 Å². The highest BCUT2D eigenvalue weighted by atomic mass is 31.3. The summed E-state index contributed by atoms with van der Waals surface area (Å²) in [6.45, 7) is -2.19. The summed E-state index contributed by atoms with van der Waals surface area (Å²) < 4.78 is 82.5. The molecule has 6 aromatic rings. The van der Waals surface area contributed by atoms with Gasteiger partial charge in [-0.2, -0.15) is 8.62 Å². The highest BCUT2D eigenvalue weighted by molar-refractivity contribution is 7.66. The molecule has 0 saturated carbocycles. The van der Waals surface area contributed by atoms with E-state index in [0.29, 0.717) is 0 Å². The predicted molar refractivity (Wildman–Crippen MR) is 214 cm³/mol. The first kappa shape index (κ1) is 45.9. The van der Waals surface area contributed by atoms with Gasteiger partial charge in [0.2, 0.25) is 0 Å². The Kier molecular flexibility index (Phi) is 12.9. The van der Waals surface area contributed by atoms with Crippen LogP contribution in [0.2, 0.25) is 0 Å². The van der Waals surface area contributed by atoms with Crippen molar-refractivity contribution in [1.82, 2.24) is 39.0 Å². The van der Waals surface area contributed by atoms with Crippen molar-refractivity contribution < 1.29 is 84.8 Å². The Hall–Kier alpha value is -5.67. The van der Waals surface area contributed by atoms with Crippen molar-refractivity contribution in [2.45, 2.75) is 49.1 Å². The Balaban J connectivity index is 0.940. The third-order valence-corrected chi connectivity index (χ3v) is 13.9. The molecule has 4 aromatic heterocycles. The number of aliphatic hydroxyl groups is 2. The minimum Gasteiger partial charge on any atom is -0.453 e. The molecule has 0 aliphatic carbocycles.